The van der Waals surface area contributed by atoms with Gasteiger partial charge in [-0.3, -0.25) is 37.3 Å². The lowest BCUT2D eigenvalue weighted by Gasteiger charge is -2.21. The van der Waals surface area contributed by atoms with E-state index in [1.54, 1.807) is 0 Å². The van der Waals surface area contributed by atoms with Gasteiger partial charge in [0.2, 0.25) is 0 Å². The molecule has 0 aliphatic heterocycles. The van der Waals surface area contributed by atoms with Crippen LogP contribution in [0.3, 0.4) is 0 Å². The van der Waals surface area contributed by atoms with Crippen molar-refractivity contribution >= 4 is 39.5 Å². The van der Waals surface area contributed by atoms with Crippen molar-refractivity contribution in [2.24, 2.45) is 11.8 Å². The molecule has 0 aliphatic rings. The van der Waals surface area contributed by atoms with Gasteiger partial charge in [0.05, 0.1) is 26.4 Å². The molecule has 0 amide bonds. The van der Waals surface area contributed by atoms with E-state index in [0.717, 1.165) is 108 Å². The van der Waals surface area contributed by atoms with E-state index >= 15 is 0 Å². The third-order valence-corrected chi connectivity index (χ3v) is 20.3. The summed E-state index contributed by atoms with van der Waals surface area (Å²) < 4.78 is 68.4. The molecule has 0 aromatic rings. The van der Waals surface area contributed by atoms with E-state index < -0.39 is 97.5 Å². The summed E-state index contributed by atoms with van der Waals surface area (Å²) in [5.41, 5.74) is 0. The first-order valence-electron chi connectivity index (χ1n) is 39.6. The minimum Gasteiger partial charge on any atom is -0.462 e. The van der Waals surface area contributed by atoms with Crippen LogP contribution in [-0.4, -0.2) is 96.7 Å². The van der Waals surface area contributed by atoms with Gasteiger partial charge in [0.15, 0.2) is 12.2 Å². The molecule has 3 N–H and O–H groups in total. The van der Waals surface area contributed by atoms with E-state index in [0.29, 0.717) is 25.7 Å². The minimum atomic E-state index is -4.96. The summed E-state index contributed by atoms with van der Waals surface area (Å²) in [5.74, 6) is -0.530. The Morgan fingerprint density at radius 1 is 0.295 bits per heavy atom. The molecule has 95 heavy (non-hydrogen) atoms. The number of hydrogen-bond acceptors (Lipinski definition) is 15. The average Bonchev–Trinajstić information content (AvgIpc) is 1.24. The first-order chi connectivity index (χ1) is 45.9. The van der Waals surface area contributed by atoms with Crippen LogP contribution in [0.1, 0.15) is 395 Å². The highest BCUT2D eigenvalue weighted by Crippen LogP contribution is 2.45. The maximum Gasteiger partial charge on any atom is 0.472 e. The zero-order chi connectivity index (χ0) is 70.0. The largest absolute Gasteiger partial charge is 0.472 e. The molecule has 19 heteroatoms. The lowest BCUT2D eigenvalue weighted by atomic mass is 9.99. The molecule has 0 spiro atoms. The van der Waals surface area contributed by atoms with Gasteiger partial charge in [0, 0.05) is 25.7 Å². The maximum absolute atomic E-state index is 13.1. The van der Waals surface area contributed by atoms with Gasteiger partial charge >= 0.3 is 39.5 Å². The quantitative estimate of drug-likeness (QED) is 0.0222. The van der Waals surface area contributed by atoms with Crippen LogP contribution in [0.5, 0.6) is 0 Å². The number of esters is 4. The predicted octanol–water partition coefficient (Wildman–Crippen LogP) is 22.3. The van der Waals surface area contributed by atoms with Crippen molar-refractivity contribution in [1.29, 1.82) is 0 Å². The molecule has 0 saturated heterocycles. The number of hydrogen-bond donors (Lipinski definition) is 3. The van der Waals surface area contributed by atoms with Crippen molar-refractivity contribution in [1.82, 2.24) is 0 Å². The smallest absolute Gasteiger partial charge is 0.462 e. The number of ether oxygens (including phenoxy) is 4. The summed E-state index contributed by atoms with van der Waals surface area (Å²) in [6.07, 6.45) is 55.7. The number of unbranched alkanes of at least 4 members (excludes halogenated alkanes) is 43. The first-order valence-corrected chi connectivity index (χ1v) is 42.6. The van der Waals surface area contributed by atoms with Gasteiger partial charge in [-0.1, -0.05) is 343 Å². The molecule has 0 aliphatic carbocycles. The molecule has 0 aromatic carbocycles. The van der Waals surface area contributed by atoms with Gasteiger partial charge in [0.25, 0.3) is 0 Å². The fraction of sp³-hybridized carbons (Fsp3) is 0.947. The molecule has 0 aromatic heterocycles. The number of aliphatic hydroxyl groups is 1. The zero-order valence-corrected chi connectivity index (χ0v) is 63.8. The van der Waals surface area contributed by atoms with E-state index in [4.69, 9.17) is 37.0 Å². The van der Waals surface area contributed by atoms with Crippen LogP contribution in [0.4, 0.5) is 0 Å². The molecule has 7 atom stereocenters. The van der Waals surface area contributed by atoms with Gasteiger partial charge in [-0.25, -0.2) is 9.13 Å². The number of carbonyl (C=O) groups is 4. The standard InChI is InChI=1S/C76H148O17P2/c1-7-11-13-15-17-19-20-21-26-30-33-36-40-47-53-59-74(79)87-64-71(92-75(80)60-54-48-41-37-34-31-28-25-23-22-24-27-29-32-35-38-44-50-56-68(5)9-3)66-90-94(82,83)88-62-70(77)63-89-95(84,85)91-67-72(65-86-73(78)58-52-46-39-18-16-14-12-8-2)93-76(81)61-55-49-43-42-45-51-57-69(6)10-4/h68-72,77H,7-67H2,1-6H3,(H,82,83)(H,84,85)/t68?,69?,70-,71-,72-/m1/s1. The maximum atomic E-state index is 13.1. The van der Waals surface area contributed by atoms with Crippen molar-refractivity contribution < 1.29 is 80.2 Å². The Bertz CT molecular complexity index is 1840. The number of carbonyl (C=O) groups excluding carboxylic acids is 4. The van der Waals surface area contributed by atoms with Crippen LogP contribution in [0, 0.1) is 11.8 Å². The van der Waals surface area contributed by atoms with Crippen LogP contribution in [0.2, 0.25) is 0 Å². The molecule has 4 unspecified atom stereocenters. The number of rotatable bonds is 75. The van der Waals surface area contributed by atoms with E-state index in [1.807, 2.05) is 0 Å². The van der Waals surface area contributed by atoms with Crippen molar-refractivity contribution in [2.45, 2.75) is 413 Å². The van der Waals surface area contributed by atoms with Gasteiger partial charge in [-0.15, -0.1) is 0 Å². The molecule has 0 radical (unpaired) electrons. The van der Waals surface area contributed by atoms with Gasteiger partial charge in [-0.2, -0.15) is 0 Å². The molecule has 0 fully saturated rings. The first kappa shape index (κ1) is 93.1. The van der Waals surface area contributed by atoms with Crippen LogP contribution in [0.15, 0.2) is 0 Å². The summed E-state index contributed by atoms with van der Waals surface area (Å²) in [7, 11) is -9.90. The molecule has 17 nitrogen and oxygen atoms in total. The number of phosphoric acid groups is 2. The van der Waals surface area contributed by atoms with Crippen molar-refractivity contribution in [3.63, 3.8) is 0 Å². The molecular formula is C76H148O17P2. The number of phosphoric ester groups is 2. The Morgan fingerprint density at radius 2 is 0.505 bits per heavy atom. The highest BCUT2D eigenvalue weighted by molar-refractivity contribution is 7.47. The average molecular weight is 1400 g/mol. The summed E-state index contributed by atoms with van der Waals surface area (Å²) in [6.45, 7) is 9.58. The van der Waals surface area contributed by atoms with E-state index in [9.17, 15) is 43.2 Å². The van der Waals surface area contributed by atoms with Crippen LogP contribution < -0.4 is 0 Å². The van der Waals surface area contributed by atoms with E-state index in [2.05, 4.69) is 41.5 Å². The molecular weight excluding hydrogens is 1250 g/mol. The molecule has 0 saturated carbocycles. The second kappa shape index (κ2) is 67.9. The Kier molecular flexibility index (Phi) is 66.5. The SMILES string of the molecule is CCCCCCCCCCCCCCCCCC(=O)OC[C@H](COP(=O)(O)OC[C@@H](O)COP(=O)(O)OC[C@@H](COC(=O)CCCCCCCCCC)OC(=O)CCCCCCCCC(C)CC)OC(=O)CCCCCCCCCCCCCCCCCCCCC(C)CC. The Balaban J connectivity index is 5.16. The molecule has 0 bridgehead atoms. The van der Waals surface area contributed by atoms with Gasteiger partial charge < -0.3 is 33.8 Å². The Morgan fingerprint density at radius 3 is 0.747 bits per heavy atom. The van der Waals surface area contributed by atoms with E-state index in [-0.39, 0.29) is 25.7 Å². The fourth-order valence-corrected chi connectivity index (χ4v) is 13.2. The highest BCUT2D eigenvalue weighted by Gasteiger charge is 2.30. The highest BCUT2D eigenvalue weighted by atomic mass is 31.2. The Labute approximate surface area is 581 Å². The van der Waals surface area contributed by atoms with Gasteiger partial charge in [0.1, 0.15) is 19.3 Å². The molecule has 0 heterocycles. The lowest BCUT2D eigenvalue weighted by Crippen LogP contribution is -2.30. The van der Waals surface area contributed by atoms with Crippen molar-refractivity contribution in [3.05, 3.63) is 0 Å². The van der Waals surface area contributed by atoms with Crippen molar-refractivity contribution in [2.75, 3.05) is 39.6 Å². The second-order valence-corrected chi connectivity index (χ2v) is 30.8. The summed E-state index contributed by atoms with van der Waals surface area (Å²) in [5, 5.41) is 10.6. The fourth-order valence-electron chi connectivity index (χ4n) is 11.6. The van der Waals surface area contributed by atoms with Gasteiger partial charge in [-0.05, 0) is 37.5 Å². The molecule has 564 valence electrons. The normalized spacial score (nSPS) is 14.6. The number of aliphatic hydroxyl groups excluding tert-OH is 1. The van der Waals surface area contributed by atoms with Crippen LogP contribution in [-0.2, 0) is 65.4 Å². The van der Waals surface area contributed by atoms with Crippen LogP contribution >= 0.6 is 15.6 Å². The zero-order valence-electron chi connectivity index (χ0n) is 62.0. The summed E-state index contributed by atoms with van der Waals surface area (Å²) in [6, 6.07) is 0. The second-order valence-electron chi connectivity index (χ2n) is 27.9. The minimum absolute atomic E-state index is 0.103. The third kappa shape index (κ3) is 67.6. The topological polar surface area (TPSA) is 237 Å². The Hall–Kier alpha value is -1.94. The van der Waals surface area contributed by atoms with Crippen molar-refractivity contribution in [3.8, 4) is 0 Å². The van der Waals surface area contributed by atoms with Crippen LogP contribution in [0.25, 0.3) is 0 Å². The molecule has 0 rings (SSSR count). The van der Waals surface area contributed by atoms with E-state index in [1.165, 1.54) is 205 Å². The summed E-state index contributed by atoms with van der Waals surface area (Å²) in [4.78, 5) is 72.6. The predicted molar refractivity (Wildman–Crippen MR) is 386 cm³/mol. The third-order valence-electron chi connectivity index (χ3n) is 18.4. The summed E-state index contributed by atoms with van der Waals surface area (Å²) >= 11 is 0. The lowest BCUT2D eigenvalue weighted by molar-refractivity contribution is -0.161. The monoisotopic (exact) mass is 1400 g/mol.